The molecule has 1 unspecified atom stereocenters. The minimum atomic E-state index is -0.456. The van der Waals surface area contributed by atoms with Crippen LogP contribution in [0.2, 0.25) is 0 Å². The van der Waals surface area contributed by atoms with Crippen molar-refractivity contribution in [1.82, 2.24) is 0 Å². The maximum Gasteiger partial charge on any atom is 0.334 e. The molecule has 6 heteroatoms. The molecule has 0 spiro atoms. The highest BCUT2D eigenvalue weighted by molar-refractivity contribution is 5.97. The highest BCUT2D eigenvalue weighted by Gasteiger charge is 2.34. The molecule has 6 nitrogen and oxygen atoms in total. The maximum absolute atomic E-state index is 12.1. The molecular formula is C19H18O6. The molecule has 0 bridgehead atoms. The van der Waals surface area contributed by atoms with Gasteiger partial charge in [-0.15, -0.1) is 0 Å². The van der Waals surface area contributed by atoms with E-state index in [1.165, 1.54) is 20.3 Å². The number of rotatable bonds is 4. The van der Waals surface area contributed by atoms with Gasteiger partial charge in [0.15, 0.2) is 23.0 Å². The molecule has 1 aliphatic heterocycles. The molecule has 2 aromatic rings. The Hall–Kier alpha value is -3.15. The van der Waals surface area contributed by atoms with Crippen molar-refractivity contribution in [3.05, 3.63) is 53.1 Å². The van der Waals surface area contributed by atoms with Crippen molar-refractivity contribution in [2.24, 2.45) is 0 Å². The maximum atomic E-state index is 12.1. The number of para-hydroxylation sites is 1. The smallest absolute Gasteiger partial charge is 0.334 e. The SMILES string of the molecule is COc1ccc(C=C2C(=O)OCC2c2cccc(OC)c2O)cc1O. The van der Waals surface area contributed by atoms with Gasteiger partial charge in [-0.3, -0.25) is 0 Å². The largest absolute Gasteiger partial charge is 0.504 e. The van der Waals surface area contributed by atoms with Crippen LogP contribution in [0.1, 0.15) is 17.0 Å². The second-order valence-corrected chi connectivity index (χ2v) is 5.58. The summed E-state index contributed by atoms with van der Waals surface area (Å²) in [7, 11) is 2.93. The third kappa shape index (κ3) is 3.10. The molecule has 25 heavy (non-hydrogen) atoms. The number of hydrogen-bond donors (Lipinski definition) is 2. The molecule has 1 fully saturated rings. The number of hydrogen-bond acceptors (Lipinski definition) is 6. The highest BCUT2D eigenvalue weighted by atomic mass is 16.5. The number of esters is 1. The number of phenolic OH excluding ortho intramolecular Hbond substituents is 2. The van der Waals surface area contributed by atoms with Crippen LogP contribution in [0.5, 0.6) is 23.0 Å². The number of carbonyl (C=O) groups is 1. The monoisotopic (exact) mass is 342 g/mol. The zero-order valence-corrected chi connectivity index (χ0v) is 13.9. The van der Waals surface area contributed by atoms with E-state index < -0.39 is 11.9 Å². The first-order valence-corrected chi connectivity index (χ1v) is 7.66. The Balaban J connectivity index is 2.02. The Morgan fingerprint density at radius 1 is 1.12 bits per heavy atom. The van der Waals surface area contributed by atoms with Gasteiger partial charge in [-0.2, -0.15) is 0 Å². The van der Waals surface area contributed by atoms with Crippen molar-refractivity contribution in [3.8, 4) is 23.0 Å². The average Bonchev–Trinajstić information content (AvgIpc) is 2.96. The van der Waals surface area contributed by atoms with Gasteiger partial charge >= 0.3 is 5.97 Å². The van der Waals surface area contributed by atoms with Crippen molar-refractivity contribution >= 4 is 12.0 Å². The van der Waals surface area contributed by atoms with Gasteiger partial charge in [-0.05, 0) is 29.8 Å². The number of ether oxygens (including phenoxy) is 3. The number of methoxy groups -OCH3 is 2. The van der Waals surface area contributed by atoms with Crippen LogP contribution in [0, 0.1) is 0 Å². The van der Waals surface area contributed by atoms with Crippen molar-refractivity contribution < 1.29 is 29.2 Å². The van der Waals surface area contributed by atoms with Crippen LogP contribution >= 0.6 is 0 Å². The van der Waals surface area contributed by atoms with E-state index in [9.17, 15) is 15.0 Å². The summed E-state index contributed by atoms with van der Waals surface area (Å²) in [6.45, 7) is 0.132. The van der Waals surface area contributed by atoms with Gasteiger partial charge in [0, 0.05) is 11.1 Å². The lowest BCUT2D eigenvalue weighted by atomic mass is 9.91. The van der Waals surface area contributed by atoms with E-state index in [2.05, 4.69) is 0 Å². The van der Waals surface area contributed by atoms with E-state index in [1.54, 1.807) is 36.4 Å². The molecule has 0 amide bonds. The van der Waals surface area contributed by atoms with Crippen molar-refractivity contribution in [3.63, 3.8) is 0 Å². The Kier molecular flexibility index (Phi) is 4.52. The minimum absolute atomic E-state index is 0.0169. The molecule has 2 N–H and O–H groups in total. The number of aromatic hydroxyl groups is 2. The first kappa shape index (κ1) is 16.7. The predicted molar refractivity (Wildman–Crippen MR) is 91.0 cm³/mol. The molecular weight excluding hydrogens is 324 g/mol. The lowest BCUT2D eigenvalue weighted by Gasteiger charge is -2.13. The van der Waals surface area contributed by atoms with Gasteiger partial charge in [-0.1, -0.05) is 18.2 Å². The zero-order chi connectivity index (χ0) is 18.0. The fourth-order valence-electron chi connectivity index (χ4n) is 2.85. The summed E-state index contributed by atoms with van der Waals surface area (Å²) in [4.78, 5) is 12.1. The molecule has 0 aromatic heterocycles. The quantitative estimate of drug-likeness (QED) is 0.656. The van der Waals surface area contributed by atoms with Crippen LogP contribution in [-0.2, 0) is 9.53 Å². The molecule has 0 aliphatic carbocycles. The van der Waals surface area contributed by atoms with Gasteiger partial charge in [0.05, 0.1) is 20.1 Å². The van der Waals surface area contributed by atoms with Crippen LogP contribution in [0.25, 0.3) is 6.08 Å². The van der Waals surface area contributed by atoms with Gasteiger partial charge in [-0.25, -0.2) is 4.79 Å². The normalized spacial score (nSPS) is 18.2. The zero-order valence-electron chi connectivity index (χ0n) is 13.9. The van der Waals surface area contributed by atoms with Gasteiger partial charge in [0.1, 0.15) is 6.61 Å². The first-order chi connectivity index (χ1) is 12.0. The first-order valence-electron chi connectivity index (χ1n) is 7.66. The van der Waals surface area contributed by atoms with E-state index in [-0.39, 0.29) is 18.1 Å². The molecule has 0 radical (unpaired) electrons. The number of benzene rings is 2. The van der Waals surface area contributed by atoms with E-state index in [4.69, 9.17) is 14.2 Å². The molecule has 1 saturated heterocycles. The van der Waals surface area contributed by atoms with Crippen molar-refractivity contribution in [1.29, 1.82) is 0 Å². The molecule has 2 aromatic carbocycles. The second kappa shape index (κ2) is 6.76. The summed E-state index contributed by atoms with van der Waals surface area (Å²) < 4.78 is 15.3. The summed E-state index contributed by atoms with van der Waals surface area (Å²) in [5.74, 6) is -0.244. The van der Waals surface area contributed by atoms with Gasteiger partial charge < -0.3 is 24.4 Å². The minimum Gasteiger partial charge on any atom is -0.504 e. The summed E-state index contributed by atoms with van der Waals surface area (Å²) in [6.07, 6.45) is 1.64. The predicted octanol–water partition coefficient (Wildman–Crippen LogP) is 2.84. The average molecular weight is 342 g/mol. The second-order valence-electron chi connectivity index (χ2n) is 5.58. The standard InChI is InChI=1S/C19H18O6/c1-23-16-7-6-11(9-15(16)20)8-13-14(10-25-19(13)22)12-4-3-5-17(24-2)18(12)21/h3-9,14,20-21H,10H2,1-2H3. The molecule has 1 atom stereocenters. The number of carbonyl (C=O) groups excluding carboxylic acids is 1. The molecule has 1 aliphatic rings. The summed E-state index contributed by atoms with van der Waals surface area (Å²) >= 11 is 0. The van der Waals surface area contributed by atoms with E-state index >= 15 is 0 Å². The van der Waals surface area contributed by atoms with Crippen LogP contribution < -0.4 is 9.47 Å². The lowest BCUT2D eigenvalue weighted by Crippen LogP contribution is -2.03. The lowest BCUT2D eigenvalue weighted by molar-refractivity contribution is -0.135. The fourth-order valence-corrected chi connectivity index (χ4v) is 2.85. The molecule has 3 rings (SSSR count). The third-order valence-corrected chi connectivity index (χ3v) is 4.14. The molecule has 0 saturated carbocycles. The van der Waals surface area contributed by atoms with Crippen LogP contribution in [0.4, 0.5) is 0 Å². The molecule has 130 valence electrons. The Morgan fingerprint density at radius 2 is 1.88 bits per heavy atom. The van der Waals surface area contributed by atoms with E-state index in [0.29, 0.717) is 28.2 Å². The van der Waals surface area contributed by atoms with Crippen molar-refractivity contribution in [2.75, 3.05) is 20.8 Å². The Morgan fingerprint density at radius 3 is 2.56 bits per heavy atom. The summed E-state index contributed by atoms with van der Waals surface area (Å²) in [5.41, 5.74) is 1.57. The van der Waals surface area contributed by atoms with Crippen LogP contribution in [0.3, 0.4) is 0 Å². The fraction of sp³-hybridized carbons (Fsp3) is 0.211. The number of cyclic esters (lactones) is 1. The highest BCUT2D eigenvalue weighted by Crippen LogP contribution is 2.41. The third-order valence-electron chi connectivity index (χ3n) is 4.14. The summed E-state index contributed by atoms with van der Waals surface area (Å²) in [5, 5.41) is 20.3. The van der Waals surface area contributed by atoms with Gasteiger partial charge in [0.25, 0.3) is 0 Å². The topological polar surface area (TPSA) is 85.2 Å². The van der Waals surface area contributed by atoms with Crippen molar-refractivity contribution in [2.45, 2.75) is 5.92 Å². The Bertz CT molecular complexity index is 840. The van der Waals surface area contributed by atoms with Crippen LogP contribution in [-0.4, -0.2) is 37.0 Å². The van der Waals surface area contributed by atoms with Crippen LogP contribution in [0.15, 0.2) is 42.0 Å². The Labute approximate surface area is 144 Å². The van der Waals surface area contributed by atoms with E-state index in [1.807, 2.05) is 0 Å². The van der Waals surface area contributed by atoms with E-state index in [0.717, 1.165) is 0 Å². The molecule has 1 heterocycles. The summed E-state index contributed by atoms with van der Waals surface area (Å²) in [6, 6.07) is 9.94. The number of phenols is 2. The van der Waals surface area contributed by atoms with Gasteiger partial charge in [0.2, 0.25) is 0 Å².